The van der Waals surface area contributed by atoms with Crippen molar-refractivity contribution in [3.8, 4) is 11.8 Å². The van der Waals surface area contributed by atoms with E-state index in [0.717, 1.165) is 60.9 Å². The molecule has 1 fully saturated rings. The lowest BCUT2D eigenvalue weighted by Gasteiger charge is -2.32. The number of hydrogen-bond acceptors (Lipinski definition) is 7. The average Bonchev–Trinajstić information content (AvgIpc) is 3.27. The van der Waals surface area contributed by atoms with Gasteiger partial charge in [0.2, 0.25) is 5.95 Å². The first kappa shape index (κ1) is 27.1. The highest BCUT2D eigenvalue weighted by Gasteiger charge is 2.14. The van der Waals surface area contributed by atoms with Gasteiger partial charge in [-0.25, -0.2) is 9.97 Å². The Bertz CT molecular complexity index is 1540. The normalized spacial score (nSPS) is 13.9. The van der Waals surface area contributed by atoms with Crippen molar-refractivity contribution in [2.24, 2.45) is 7.05 Å². The summed E-state index contributed by atoms with van der Waals surface area (Å²) in [5.74, 6) is 6.58. The zero-order valence-corrected chi connectivity index (χ0v) is 23.4. The van der Waals surface area contributed by atoms with Gasteiger partial charge in [0.15, 0.2) is 0 Å². The smallest absolute Gasteiger partial charge is 0.255 e. The fourth-order valence-corrected chi connectivity index (χ4v) is 4.50. The molecule has 1 aliphatic heterocycles. The van der Waals surface area contributed by atoms with Gasteiger partial charge in [-0.15, -0.1) is 0 Å². The maximum Gasteiger partial charge on any atom is 0.255 e. The number of carbonyl (C=O) groups is 1. The molecule has 0 radical (unpaired) electrons. The van der Waals surface area contributed by atoms with Gasteiger partial charge in [0.1, 0.15) is 0 Å². The van der Waals surface area contributed by atoms with Crippen LogP contribution in [0.15, 0.2) is 61.1 Å². The first-order valence-electron chi connectivity index (χ1n) is 13.4. The quantitative estimate of drug-likeness (QED) is 0.362. The Labute approximate surface area is 235 Å². The Morgan fingerprint density at radius 2 is 1.68 bits per heavy atom. The summed E-state index contributed by atoms with van der Waals surface area (Å²) in [7, 11) is 4.03. The minimum atomic E-state index is -0.167. The van der Waals surface area contributed by atoms with Crippen LogP contribution in [-0.2, 0) is 13.6 Å². The highest BCUT2D eigenvalue weighted by Crippen LogP contribution is 2.17. The molecule has 1 saturated heterocycles. The number of nitrogens with zero attached hydrogens (tertiary/aromatic N) is 6. The van der Waals surface area contributed by atoms with E-state index >= 15 is 0 Å². The van der Waals surface area contributed by atoms with Crippen LogP contribution in [0, 0.1) is 25.7 Å². The molecule has 2 aromatic carbocycles. The fourth-order valence-electron chi connectivity index (χ4n) is 4.50. The summed E-state index contributed by atoms with van der Waals surface area (Å²) in [5.41, 5.74) is 6.75. The zero-order chi connectivity index (χ0) is 28.1. The molecule has 0 unspecified atom stereocenters. The molecule has 2 N–H and O–H groups in total. The van der Waals surface area contributed by atoms with Crippen molar-refractivity contribution in [2.75, 3.05) is 43.9 Å². The van der Waals surface area contributed by atoms with E-state index in [0.29, 0.717) is 17.1 Å². The number of anilines is 3. The van der Waals surface area contributed by atoms with Crippen molar-refractivity contribution >= 4 is 23.2 Å². The van der Waals surface area contributed by atoms with Crippen LogP contribution in [0.1, 0.15) is 38.3 Å². The molecule has 0 spiro atoms. The van der Waals surface area contributed by atoms with Crippen LogP contribution in [0.3, 0.4) is 0 Å². The van der Waals surface area contributed by atoms with Gasteiger partial charge in [-0.05, 0) is 56.3 Å². The lowest BCUT2D eigenvalue weighted by molar-refractivity contribution is 0.102. The summed E-state index contributed by atoms with van der Waals surface area (Å²) < 4.78 is 1.74. The Kier molecular flexibility index (Phi) is 8.20. The van der Waals surface area contributed by atoms with Gasteiger partial charge < -0.3 is 15.5 Å². The van der Waals surface area contributed by atoms with E-state index in [1.807, 2.05) is 57.4 Å². The number of hydrogen-bond donors (Lipinski definition) is 2. The monoisotopic (exact) mass is 534 g/mol. The summed E-state index contributed by atoms with van der Waals surface area (Å²) >= 11 is 0. The number of aromatic nitrogens is 4. The minimum Gasteiger partial charge on any atom is -0.322 e. The van der Waals surface area contributed by atoms with Crippen molar-refractivity contribution in [3.63, 3.8) is 0 Å². The largest absolute Gasteiger partial charge is 0.322 e. The molecule has 40 heavy (non-hydrogen) atoms. The van der Waals surface area contributed by atoms with Crippen LogP contribution in [0.25, 0.3) is 0 Å². The Morgan fingerprint density at radius 1 is 0.950 bits per heavy atom. The molecular formula is C31H34N8O. The molecule has 1 aliphatic rings. The molecule has 9 nitrogen and oxygen atoms in total. The number of nitrogens with one attached hydrogen (secondary N) is 2. The van der Waals surface area contributed by atoms with Gasteiger partial charge in [0.05, 0.1) is 16.9 Å². The minimum absolute atomic E-state index is 0.167. The molecule has 0 bridgehead atoms. The highest BCUT2D eigenvalue weighted by atomic mass is 16.1. The summed E-state index contributed by atoms with van der Waals surface area (Å²) in [6.45, 7) is 9.18. The predicted molar refractivity (Wildman–Crippen MR) is 158 cm³/mol. The van der Waals surface area contributed by atoms with E-state index < -0.39 is 0 Å². The number of rotatable bonds is 6. The van der Waals surface area contributed by atoms with Crippen LogP contribution in [-0.4, -0.2) is 68.7 Å². The predicted octanol–water partition coefficient (Wildman–Crippen LogP) is 3.97. The number of amides is 1. The Hall–Kier alpha value is -4.52. The van der Waals surface area contributed by atoms with Crippen molar-refractivity contribution in [1.82, 2.24) is 29.5 Å². The molecule has 1 amide bonds. The van der Waals surface area contributed by atoms with E-state index in [-0.39, 0.29) is 5.91 Å². The van der Waals surface area contributed by atoms with Crippen molar-refractivity contribution in [3.05, 3.63) is 94.6 Å². The van der Waals surface area contributed by atoms with E-state index in [2.05, 4.69) is 66.5 Å². The SMILES string of the molecule is Cc1ccc(C(=O)Nc2ccc(CN3CCN(C)CC3)cc2)cc1C#Cc1cnc(Nc2cn(C)nc2C)nc1. The third-order valence-electron chi connectivity index (χ3n) is 6.97. The van der Waals surface area contributed by atoms with Gasteiger partial charge in [0.25, 0.3) is 5.91 Å². The van der Waals surface area contributed by atoms with Gasteiger partial charge >= 0.3 is 0 Å². The van der Waals surface area contributed by atoms with E-state index in [4.69, 9.17) is 0 Å². The maximum atomic E-state index is 13.0. The topological polar surface area (TPSA) is 91.2 Å². The van der Waals surface area contributed by atoms with Gasteiger partial charge in [0, 0.05) is 75.2 Å². The molecular weight excluding hydrogens is 500 g/mol. The zero-order valence-electron chi connectivity index (χ0n) is 23.4. The number of aryl methyl sites for hydroxylation is 3. The van der Waals surface area contributed by atoms with Crippen molar-refractivity contribution in [2.45, 2.75) is 20.4 Å². The lowest BCUT2D eigenvalue weighted by Crippen LogP contribution is -2.43. The van der Waals surface area contributed by atoms with E-state index in [1.165, 1.54) is 5.56 Å². The fraction of sp³-hybridized carbons (Fsp3) is 0.290. The van der Waals surface area contributed by atoms with Crippen LogP contribution in [0.5, 0.6) is 0 Å². The standard InChI is InChI=1S/C31H34N8O/c1-22-5-9-27(30(40)34-28-11-7-24(8-12-28)20-39-15-13-37(3)14-16-39)17-26(22)10-6-25-18-32-31(33-19-25)35-29-21-38(4)36-23(29)2/h5,7-9,11-12,17-19,21H,13-16,20H2,1-4H3,(H,34,40)(H,32,33,35). The van der Waals surface area contributed by atoms with Crippen molar-refractivity contribution in [1.29, 1.82) is 0 Å². The number of benzene rings is 2. The molecule has 4 aromatic rings. The Balaban J connectivity index is 1.20. The van der Waals surface area contributed by atoms with Gasteiger partial charge in [-0.3, -0.25) is 14.4 Å². The van der Waals surface area contributed by atoms with E-state index in [9.17, 15) is 4.79 Å². The molecule has 5 rings (SSSR count). The third-order valence-corrected chi connectivity index (χ3v) is 6.97. The highest BCUT2D eigenvalue weighted by molar-refractivity contribution is 6.04. The second-order valence-corrected chi connectivity index (χ2v) is 10.2. The summed E-state index contributed by atoms with van der Waals surface area (Å²) in [6, 6.07) is 13.7. The summed E-state index contributed by atoms with van der Waals surface area (Å²) in [6.07, 6.45) is 5.23. The number of carbonyl (C=O) groups excluding carboxylic acids is 1. The molecule has 9 heteroatoms. The van der Waals surface area contributed by atoms with Gasteiger partial charge in [-0.1, -0.05) is 30.0 Å². The second-order valence-electron chi connectivity index (χ2n) is 10.2. The summed E-state index contributed by atoms with van der Waals surface area (Å²) in [5, 5.41) is 10.5. The maximum absolute atomic E-state index is 13.0. The molecule has 2 aromatic heterocycles. The van der Waals surface area contributed by atoms with Crippen LogP contribution in [0.4, 0.5) is 17.3 Å². The molecule has 0 aliphatic carbocycles. The first-order chi connectivity index (χ1) is 19.3. The van der Waals surface area contributed by atoms with Crippen LogP contribution in [0.2, 0.25) is 0 Å². The lowest BCUT2D eigenvalue weighted by atomic mass is 10.0. The van der Waals surface area contributed by atoms with Crippen molar-refractivity contribution < 1.29 is 4.79 Å². The van der Waals surface area contributed by atoms with E-state index in [1.54, 1.807) is 17.1 Å². The molecule has 204 valence electrons. The third kappa shape index (κ3) is 6.91. The number of likely N-dealkylation sites (N-methyl/N-ethyl adjacent to an activating group) is 1. The Morgan fingerprint density at radius 3 is 2.35 bits per heavy atom. The first-order valence-corrected chi connectivity index (χ1v) is 13.4. The molecule has 0 saturated carbocycles. The average molecular weight is 535 g/mol. The second kappa shape index (κ2) is 12.1. The molecule has 3 heterocycles. The van der Waals surface area contributed by atoms with Crippen LogP contribution < -0.4 is 10.6 Å². The van der Waals surface area contributed by atoms with Crippen LogP contribution >= 0.6 is 0 Å². The van der Waals surface area contributed by atoms with Gasteiger partial charge in [-0.2, -0.15) is 5.10 Å². The number of piperazine rings is 1. The molecule has 0 atom stereocenters. The summed E-state index contributed by atoms with van der Waals surface area (Å²) in [4.78, 5) is 26.5.